The number of esters is 1. The molecule has 2 saturated carbocycles. The van der Waals surface area contributed by atoms with E-state index in [4.69, 9.17) is 9.47 Å². The van der Waals surface area contributed by atoms with E-state index < -0.39 is 55.7 Å². The van der Waals surface area contributed by atoms with Crippen molar-refractivity contribution < 1.29 is 37.1 Å². The highest BCUT2D eigenvalue weighted by Gasteiger charge is 2.62. The van der Waals surface area contributed by atoms with Crippen molar-refractivity contribution >= 4 is 44.6 Å². The van der Waals surface area contributed by atoms with Gasteiger partial charge in [0.2, 0.25) is 21.8 Å². The third-order valence-electron chi connectivity index (χ3n) is 11.0. The number of aryl methyl sites for hydroxylation is 1. The van der Waals surface area contributed by atoms with Gasteiger partial charge in [0.25, 0.3) is 0 Å². The van der Waals surface area contributed by atoms with Crippen LogP contribution in [0.2, 0.25) is 0 Å². The molecule has 4 aliphatic rings. The number of rotatable bonds is 8. The number of ketones is 1. The van der Waals surface area contributed by atoms with Crippen molar-refractivity contribution in [3.63, 3.8) is 0 Å². The molecule has 3 fully saturated rings. The van der Waals surface area contributed by atoms with Gasteiger partial charge in [0, 0.05) is 31.4 Å². The van der Waals surface area contributed by atoms with Crippen molar-refractivity contribution in [2.75, 3.05) is 6.54 Å². The second kappa shape index (κ2) is 14.0. The minimum Gasteiger partial charge on any atom is -0.488 e. The lowest BCUT2D eigenvalue weighted by Gasteiger charge is -2.29. The van der Waals surface area contributed by atoms with Crippen molar-refractivity contribution in [1.29, 1.82) is 0 Å². The Bertz CT molecular complexity index is 1820. The van der Waals surface area contributed by atoms with Crippen molar-refractivity contribution in [2.45, 2.75) is 134 Å². The average Bonchev–Trinajstić information content (AvgIpc) is 3.86. The van der Waals surface area contributed by atoms with Gasteiger partial charge in [-0.2, -0.15) is 0 Å². The van der Waals surface area contributed by atoms with Crippen molar-refractivity contribution in [3.8, 4) is 5.75 Å². The number of hydrogen-bond acceptors (Lipinski definition) is 9. The number of amides is 2. The fourth-order valence-corrected chi connectivity index (χ4v) is 8.89. The van der Waals surface area contributed by atoms with E-state index in [2.05, 4.69) is 9.71 Å². The monoisotopic (exact) mass is 724 g/mol. The highest BCUT2D eigenvalue weighted by Crippen LogP contribution is 2.57. The third-order valence-corrected chi connectivity index (χ3v) is 13.2. The molecule has 13 heteroatoms. The number of allylic oxidation sites excluding steroid dienone is 2. The summed E-state index contributed by atoms with van der Waals surface area (Å²) in [6.45, 7) is 9.85. The molecule has 51 heavy (non-hydrogen) atoms. The molecule has 12 nitrogen and oxygen atoms in total. The second-order valence-corrected chi connectivity index (χ2v) is 18.4. The molecule has 278 valence electrons. The number of Topliss-reactive ketones (excluding diaryl/α,β-unsaturated/α-hetero) is 1. The zero-order chi connectivity index (χ0) is 36.8. The molecule has 2 aliphatic heterocycles. The summed E-state index contributed by atoms with van der Waals surface area (Å²) >= 11 is 0. The molecule has 6 rings (SSSR count). The Hall–Kier alpha value is -3.74. The minimum atomic E-state index is -3.92. The highest BCUT2D eigenvalue weighted by atomic mass is 32.2. The number of nitrogens with zero attached hydrogens (tertiary/aromatic N) is 3. The fraction of sp³-hybridized carbons (Fsp3) is 0.658. The molecular formula is C38H52N4O8S. The lowest BCUT2D eigenvalue weighted by Crippen LogP contribution is -2.47. The standard InChI is InChI=1S/C38H52N4O8S/c1-6-41-24-39-29-15-14-27(19-30(29)41)49-28-20-31-32(43)22-38(35(46)40-51(47,48)37(5)16-17-37)21-26(38)13-11-9-7-8-10-12-25(34(45)42(31)23-28)18-33(44)50-36(2,3)4/h11,13-15,19,24-26,28,31H,6-10,12,16-18,20-23H2,1-5H3,(H,40,46)/b13-11-/t25-,26-,28-,31+,38-/m1/s1. The lowest BCUT2D eigenvalue weighted by molar-refractivity contribution is -0.159. The van der Waals surface area contributed by atoms with Gasteiger partial charge in [0.1, 0.15) is 17.5 Å². The first-order chi connectivity index (χ1) is 24.0. The predicted octanol–water partition coefficient (Wildman–Crippen LogP) is 5.24. The van der Waals surface area contributed by atoms with Crippen LogP contribution in [-0.2, 0) is 40.5 Å². The number of carbonyl (C=O) groups excluding carboxylic acids is 4. The van der Waals surface area contributed by atoms with Crippen LogP contribution >= 0.6 is 0 Å². The Balaban J connectivity index is 1.29. The van der Waals surface area contributed by atoms with Gasteiger partial charge in [-0.15, -0.1) is 0 Å². The van der Waals surface area contributed by atoms with Gasteiger partial charge < -0.3 is 18.9 Å². The lowest BCUT2D eigenvalue weighted by atomic mass is 9.90. The molecule has 2 aromatic rings. The average molecular weight is 725 g/mol. The number of hydrogen-bond donors (Lipinski definition) is 1. The molecule has 2 amide bonds. The Morgan fingerprint density at radius 1 is 1.12 bits per heavy atom. The molecule has 1 saturated heterocycles. The third kappa shape index (κ3) is 8.03. The van der Waals surface area contributed by atoms with Crippen LogP contribution in [0.15, 0.2) is 36.7 Å². The van der Waals surface area contributed by atoms with Crippen molar-refractivity contribution in [1.82, 2.24) is 19.2 Å². The molecule has 0 spiro atoms. The van der Waals surface area contributed by atoms with Crippen LogP contribution < -0.4 is 9.46 Å². The van der Waals surface area contributed by atoms with E-state index in [1.54, 1.807) is 34.0 Å². The maximum atomic E-state index is 14.5. The molecule has 1 aromatic heterocycles. The molecule has 0 bridgehead atoms. The molecule has 1 aromatic carbocycles. The largest absolute Gasteiger partial charge is 0.488 e. The quantitative estimate of drug-likeness (QED) is 0.285. The van der Waals surface area contributed by atoms with E-state index in [1.807, 2.05) is 41.8 Å². The van der Waals surface area contributed by atoms with E-state index in [-0.39, 0.29) is 43.4 Å². The molecule has 0 unspecified atom stereocenters. The zero-order valence-corrected chi connectivity index (χ0v) is 31.3. The van der Waals surface area contributed by atoms with Gasteiger partial charge in [-0.25, -0.2) is 13.4 Å². The normalized spacial score (nSPS) is 28.9. The number of carbonyl (C=O) groups is 4. The Morgan fingerprint density at radius 3 is 2.59 bits per heavy atom. The predicted molar refractivity (Wildman–Crippen MR) is 191 cm³/mol. The van der Waals surface area contributed by atoms with Gasteiger partial charge >= 0.3 is 5.97 Å². The fourth-order valence-electron chi connectivity index (χ4n) is 7.56. The van der Waals surface area contributed by atoms with Crippen molar-refractivity contribution in [3.05, 3.63) is 36.7 Å². The van der Waals surface area contributed by atoms with Gasteiger partial charge in [-0.05, 0) is 91.2 Å². The number of imidazole rings is 1. The summed E-state index contributed by atoms with van der Waals surface area (Å²) in [7, 11) is -3.92. The van der Waals surface area contributed by atoms with Gasteiger partial charge in [0.05, 0.1) is 46.5 Å². The van der Waals surface area contributed by atoms with Crippen molar-refractivity contribution in [2.24, 2.45) is 17.3 Å². The number of aromatic nitrogens is 2. The first-order valence-electron chi connectivity index (χ1n) is 18.4. The number of ether oxygens (including phenoxy) is 2. The maximum absolute atomic E-state index is 14.5. The summed E-state index contributed by atoms with van der Waals surface area (Å²) in [6, 6.07) is 4.68. The van der Waals surface area contributed by atoms with Crippen LogP contribution in [-0.4, -0.2) is 75.5 Å². The number of nitrogens with one attached hydrogen (secondary N) is 1. The van der Waals surface area contributed by atoms with E-state index >= 15 is 0 Å². The second-order valence-electron chi connectivity index (χ2n) is 16.2. The van der Waals surface area contributed by atoms with E-state index in [0.29, 0.717) is 31.4 Å². The summed E-state index contributed by atoms with van der Waals surface area (Å²) in [4.78, 5) is 61.8. The van der Waals surface area contributed by atoms with E-state index in [0.717, 1.165) is 43.3 Å². The highest BCUT2D eigenvalue weighted by molar-refractivity contribution is 7.91. The molecule has 3 heterocycles. The van der Waals surface area contributed by atoms with Gasteiger partial charge in [0.15, 0.2) is 5.78 Å². The summed E-state index contributed by atoms with van der Waals surface area (Å²) in [5.41, 5.74) is -0.207. The van der Waals surface area contributed by atoms with Gasteiger partial charge in [-0.3, -0.25) is 23.9 Å². The topological polar surface area (TPSA) is 154 Å². The number of benzene rings is 1. The van der Waals surface area contributed by atoms with Crippen LogP contribution in [0.1, 0.15) is 105 Å². The molecule has 1 N–H and O–H groups in total. The zero-order valence-electron chi connectivity index (χ0n) is 30.5. The molecular weight excluding hydrogens is 673 g/mol. The first kappa shape index (κ1) is 37.0. The van der Waals surface area contributed by atoms with Crippen LogP contribution in [0.25, 0.3) is 11.0 Å². The van der Waals surface area contributed by atoms with E-state index in [9.17, 15) is 27.6 Å². The SMILES string of the molecule is CCn1cnc2ccc(O[C@@H]3C[C@H]4C(=O)C[C@]5(C(=O)NS(=O)(=O)C6(C)CC6)C[C@H]5/C=C\CCCCC[C@H](CC(=O)OC(C)(C)C)C(=O)N4C3)cc21. The maximum Gasteiger partial charge on any atom is 0.307 e. The molecule has 0 radical (unpaired) electrons. The summed E-state index contributed by atoms with van der Waals surface area (Å²) in [5.74, 6) is -2.16. The number of sulfonamides is 1. The Kier molecular flexibility index (Phi) is 10.2. The van der Waals surface area contributed by atoms with Crippen LogP contribution in [0, 0.1) is 17.3 Å². The van der Waals surface area contributed by atoms with Crippen LogP contribution in [0.4, 0.5) is 0 Å². The van der Waals surface area contributed by atoms with Crippen LogP contribution in [0.5, 0.6) is 5.75 Å². The van der Waals surface area contributed by atoms with Gasteiger partial charge in [-0.1, -0.05) is 25.0 Å². The van der Waals surface area contributed by atoms with Crippen LogP contribution in [0.3, 0.4) is 0 Å². The summed E-state index contributed by atoms with van der Waals surface area (Å²) < 4.78 is 41.7. The molecule has 5 atom stereocenters. The number of fused-ring (bicyclic) bond motifs is 3. The minimum absolute atomic E-state index is 0.109. The Labute approximate surface area is 300 Å². The summed E-state index contributed by atoms with van der Waals surface area (Å²) in [6.07, 6.45) is 10.00. The molecule has 2 aliphatic carbocycles. The van der Waals surface area contributed by atoms with E-state index in [1.165, 1.54) is 4.90 Å². The smallest absolute Gasteiger partial charge is 0.307 e. The Morgan fingerprint density at radius 2 is 1.88 bits per heavy atom. The first-order valence-corrected chi connectivity index (χ1v) is 19.9. The summed E-state index contributed by atoms with van der Waals surface area (Å²) in [5, 5.41) is 0.